The quantitative estimate of drug-likeness (QED) is 0.570. The van der Waals surface area contributed by atoms with Crippen LogP contribution in [-0.4, -0.2) is 23.6 Å². The van der Waals surface area contributed by atoms with Gasteiger partial charge in [-0.25, -0.2) is 4.79 Å². The molecule has 4 nitrogen and oxygen atoms in total. The number of hydrogen-bond acceptors (Lipinski definition) is 4. The normalized spacial score (nSPS) is 45.9. The van der Waals surface area contributed by atoms with Crippen molar-refractivity contribution in [3.8, 4) is 0 Å². The fraction of sp³-hybridized carbons (Fsp3) is 0.800. The van der Waals surface area contributed by atoms with Gasteiger partial charge in [0.2, 0.25) is 5.60 Å². The van der Waals surface area contributed by atoms with Crippen molar-refractivity contribution < 1.29 is 19.1 Å². The van der Waals surface area contributed by atoms with Crippen LogP contribution in [0.25, 0.3) is 0 Å². The summed E-state index contributed by atoms with van der Waals surface area (Å²) < 4.78 is 11.7. The molecule has 0 aromatic rings. The molecular formula is C20H28O4. The summed E-state index contributed by atoms with van der Waals surface area (Å²) >= 11 is 0. The van der Waals surface area contributed by atoms with E-state index in [9.17, 15) is 9.59 Å². The summed E-state index contributed by atoms with van der Waals surface area (Å²) in [5, 5.41) is 0. The molecule has 1 saturated heterocycles. The number of carbonyl (C=O) groups excluding carboxylic acids is 2. The van der Waals surface area contributed by atoms with E-state index in [0.29, 0.717) is 24.7 Å². The van der Waals surface area contributed by atoms with E-state index in [1.807, 2.05) is 20.8 Å². The van der Waals surface area contributed by atoms with Crippen molar-refractivity contribution >= 4 is 11.9 Å². The molecule has 0 aromatic heterocycles. The minimum atomic E-state index is -1.10. The summed E-state index contributed by atoms with van der Waals surface area (Å²) in [5.74, 6) is 0.329. The van der Waals surface area contributed by atoms with Crippen molar-refractivity contribution in [2.75, 3.05) is 0 Å². The van der Waals surface area contributed by atoms with E-state index in [0.717, 1.165) is 12.8 Å². The van der Waals surface area contributed by atoms with E-state index in [1.165, 1.54) is 24.8 Å². The zero-order valence-electron chi connectivity index (χ0n) is 15.0. The molecule has 132 valence electrons. The Balaban J connectivity index is 1.57. The lowest BCUT2D eigenvalue weighted by molar-refractivity contribution is -0.189. The SMILES string of the molecule is C=C1C[C@H](OC(=O)[C@]23CC[C@](C)(C(=O)O2)C3(C)C)[C@H]2CCCC[C@@H]12. The van der Waals surface area contributed by atoms with Gasteiger partial charge in [-0.15, -0.1) is 0 Å². The third kappa shape index (κ3) is 1.75. The van der Waals surface area contributed by atoms with Crippen molar-refractivity contribution in [1.29, 1.82) is 0 Å². The van der Waals surface area contributed by atoms with Gasteiger partial charge in [-0.3, -0.25) is 4.79 Å². The molecule has 1 heterocycles. The van der Waals surface area contributed by atoms with Crippen LogP contribution in [0.1, 0.15) is 65.7 Å². The van der Waals surface area contributed by atoms with Gasteiger partial charge in [0.1, 0.15) is 6.10 Å². The zero-order chi connectivity index (χ0) is 17.3. The molecule has 0 amide bonds. The summed E-state index contributed by atoms with van der Waals surface area (Å²) in [6.07, 6.45) is 6.66. The van der Waals surface area contributed by atoms with Gasteiger partial charge in [-0.05, 0) is 38.5 Å². The van der Waals surface area contributed by atoms with Crippen LogP contribution in [0.4, 0.5) is 0 Å². The molecule has 0 unspecified atom stereocenters. The van der Waals surface area contributed by atoms with Gasteiger partial charge in [0, 0.05) is 17.8 Å². The molecule has 1 aliphatic heterocycles. The summed E-state index contributed by atoms with van der Waals surface area (Å²) in [4.78, 5) is 25.5. The Labute approximate surface area is 144 Å². The second-order valence-corrected chi connectivity index (χ2v) is 9.03. The van der Waals surface area contributed by atoms with Gasteiger partial charge in [0.15, 0.2) is 0 Å². The second-order valence-electron chi connectivity index (χ2n) is 9.03. The van der Waals surface area contributed by atoms with Crippen LogP contribution in [0.5, 0.6) is 0 Å². The van der Waals surface area contributed by atoms with E-state index in [4.69, 9.17) is 9.47 Å². The van der Waals surface area contributed by atoms with Gasteiger partial charge < -0.3 is 9.47 Å². The molecule has 0 N–H and O–H groups in total. The van der Waals surface area contributed by atoms with Gasteiger partial charge >= 0.3 is 11.9 Å². The van der Waals surface area contributed by atoms with Crippen molar-refractivity contribution in [2.45, 2.75) is 77.4 Å². The number of ether oxygens (including phenoxy) is 2. The minimum Gasteiger partial charge on any atom is -0.459 e. The number of carbonyl (C=O) groups is 2. The van der Waals surface area contributed by atoms with Crippen molar-refractivity contribution in [3.05, 3.63) is 12.2 Å². The lowest BCUT2D eigenvalue weighted by atomic mass is 9.66. The molecule has 0 aromatic carbocycles. The maximum atomic E-state index is 13.1. The number of hydrogen-bond donors (Lipinski definition) is 0. The molecule has 4 rings (SSSR count). The highest BCUT2D eigenvalue weighted by molar-refractivity contribution is 5.93. The van der Waals surface area contributed by atoms with Crippen LogP contribution >= 0.6 is 0 Å². The molecule has 24 heavy (non-hydrogen) atoms. The zero-order valence-corrected chi connectivity index (χ0v) is 15.0. The largest absolute Gasteiger partial charge is 0.459 e. The maximum absolute atomic E-state index is 13.1. The molecule has 4 fully saturated rings. The predicted octanol–water partition coefficient (Wildman–Crippen LogP) is 3.79. The Morgan fingerprint density at radius 1 is 1.21 bits per heavy atom. The maximum Gasteiger partial charge on any atom is 0.351 e. The van der Waals surface area contributed by atoms with E-state index in [-0.39, 0.29) is 18.0 Å². The predicted molar refractivity (Wildman–Crippen MR) is 89.0 cm³/mol. The molecule has 4 heteroatoms. The standard InChI is InChI=1S/C20H28O4/c1-12-11-15(14-8-6-5-7-13(12)14)23-17(22)20-10-9-19(4,16(21)24-20)18(20,2)3/h13-15H,1,5-11H2,2-4H3/t13-,14-,15-,19+,20-/m0/s1. The fourth-order valence-corrected chi connectivity index (χ4v) is 5.74. The van der Waals surface area contributed by atoms with E-state index in [1.54, 1.807) is 0 Å². The van der Waals surface area contributed by atoms with E-state index in [2.05, 4.69) is 6.58 Å². The molecule has 4 aliphatic rings. The van der Waals surface area contributed by atoms with Crippen LogP contribution in [0.2, 0.25) is 0 Å². The van der Waals surface area contributed by atoms with Gasteiger partial charge in [0.25, 0.3) is 0 Å². The highest BCUT2D eigenvalue weighted by atomic mass is 16.6. The summed E-state index contributed by atoms with van der Waals surface area (Å²) in [6.45, 7) is 10.1. The topological polar surface area (TPSA) is 52.6 Å². The Hall–Kier alpha value is -1.32. The van der Waals surface area contributed by atoms with E-state index >= 15 is 0 Å². The Morgan fingerprint density at radius 3 is 2.54 bits per heavy atom. The molecule has 3 aliphatic carbocycles. The van der Waals surface area contributed by atoms with Crippen LogP contribution in [-0.2, 0) is 19.1 Å². The molecular weight excluding hydrogens is 304 g/mol. The second kappa shape index (κ2) is 4.86. The molecule has 2 bridgehead atoms. The van der Waals surface area contributed by atoms with Crippen LogP contribution in [0, 0.1) is 22.7 Å². The first kappa shape index (κ1) is 16.2. The van der Waals surface area contributed by atoms with Crippen molar-refractivity contribution in [2.24, 2.45) is 22.7 Å². The lowest BCUT2D eigenvalue weighted by Gasteiger charge is -2.36. The number of rotatable bonds is 2. The number of esters is 2. The van der Waals surface area contributed by atoms with Crippen LogP contribution < -0.4 is 0 Å². The first-order chi connectivity index (χ1) is 11.2. The summed E-state index contributed by atoms with van der Waals surface area (Å²) in [5.41, 5.74) is -0.990. The first-order valence-corrected chi connectivity index (χ1v) is 9.35. The molecule has 0 radical (unpaired) electrons. The molecule has 5 atom stereocenters. The molecule has 3 saturated carbocycles. The smallest absolute Gasteiger partial charge is 0.351 e. The number of fused-ring (bicyclic) bond motifs is 3. The average Bonchev–Trinajstić information content (AvgIpc) is 3.01. The molecule has 0 spiro atoms. The Bertz CT molecular complexity index is 621. The fourth-order valence-electron chi connectivity index (χ4n) is 5.74. The Morgan fingerprint density at radius 2 is 1.92 bits per heavy atom. The third-order valence-corrected chi connectivity index (χ3v) is 7.96. The van der Waals surface area contributed by atoms with Crippen LogP contribution in [0.15, 0.2) is 12.2 Å². The van der Waals surface area contributed by atoms with Crippen LogP contribution in [0.3, 0.4) is 0 Å². The van der Waals surface area contributed by atoms with Gasteiger partial charge in [0.05, 0.1) is 5.41 Å². The van der Waals surface area contributed by atoms with E-state index < -0.39 is 16.4 Å². The summed E-state index contributed by atoms with van der Waals surface area (Å²) in [6, 6.07) is 0. The lowest BCUT2D eigenvalue weighted by Crippen LogP contribution is -2.50. The third-order valence-electron chi connectivity index (χ3n) is 7.96. The highest BCUT2D eigenvalue weighted by Crippen LogP contribution is 2.66. The summed E-state index contributed by atoms with van der Waals surface area (Å²) in [7, 11) is 0. The van der Waals surface area contributed by atoms with Gasteiger partial charge in [-0.1, -0.05) is 38.8 Å². The average molecular weight is 332 g/mol. The van der Waals surface area contributed by atoms with Crippen molar-refractivity contribution in [1.82, 2.24) is 0 Å². The Kier molecular flexibility index (Phi) is 3.27. The monoisotopic (exact) mass is 332 g/mol. The van der Waals surface area contributed by atoms with Gasteiger partial charge in [-0.2, -0.15) is 0 Å². The highest BCUT2D eigenvalue weighted by Gasteiger charge is 2.76. The first-order valence-electron chi connectivity index (χ1n) is 9.35. The van der Waals surface area contributed by atoms with Crippen molar-refractivity contribution in [3.63, 3.8) is 0 Å². The minimum absolute atomic E-state index is 0.0911.